The van der Waals surface area contributed by atoms with Crippen LogP contribution in [0, 0.1) is 11.3 Å². The summed E-state index contributed by atoms with van der Waals surface area (Å²) in [5.41, 5.74) is 1.55. The van der Waals surface area contributed by atoms with Crippen molar-refractivity contribution < 1.29 is 36.2 Å². The van der Waals surface area contributed by atoms with Crippen molar-refractivity contribution in [2.75, 3.05) is 13.1 Å². The summed E-state index contributed by atoms with van der Waals surface area (Å²) < 4.78 is 79.4. The molecule has 1 aliphatic rings. The van der Waals surface area contributed by atoms with Crippen molar-refractivity contribution in [1.29, 1.82) is 0 Å². The molecule has 1 N–H and O–H groups in total. The van der Waals surface area contributed by atoms with E-state index in [2.05, 4.69) is 20.8 Å². The van der Waals surface area contributed by atoms with Crippen LogP contribution < -0.4 is 0 Å². The topological polar surface area (TPSA) is 40.5 Å². The van der Waals surface area contributed by atoms with Gasteiger partial charge in [0.1, 0.15) is 0 Å². The maximum Gasteiger partial charge on any atom is 0.416 e. The molecule has 1 saturated heterocycles. The number of piperidine rings is 1. The van der Waals surface area contributed by atoms with Crippen LogP contribution >= 0.6 is 0 Å². The lowest BCUT2D eigenvalue weighted by molar-refractivity contribution is -0.186. The van der Waals surface area contributed by atoms with Gasteiger partial charge in [-0.2, -0.15) is 26.3 Å². The van der Waals surface area contributed by atoms with E-state index < -0.39 is 29.8 Å². The second kappa shape index (κ2) is 11.1. The first-order valence-corrected chi connectivity index (χ1v) is 12.4. The lowest BCUT2D eigenvalue weighted by Crippen LogP contribution is -2.41. The first-order valence-electron chi connectivity index (χ1n) is 12.4. The highest BCUT2D eigenvalue weighted by molar-refractivity contribution is 5.74. The quantitative estimate of drug-likeness (QED) is 0.368. The van der Waals surface area contributed by atoms with Crippen molar-refractivity contribution in [3.8, 4) is 11.1 Å². The smallest absolute Gasteiger partial charge is 0.416 e. The highest BCUT2D eigenvalue weighted by atomic mass is 19.4. The van der Waals surface area contributed by atoms with Gasteiger partial charge in [-0.1, -0.05) is 51.1 Å². The predicted molar refractivity (Wildman–Crippen MR) is 130 cm³/mol. The molecule has 0 spiro atoms. The number of rotatable bonds is 7. The third kappa shape index (κ3) is 7.97. The van der Waals surface area contributed by atoms with Crippen LogP contribution in [0.5, 0.6) is 0 Å². The highest BCUT2D eigenvalue weighted by Gasteiger charge is 2.42. The molecule has 9 heteroatoms. The average Bonchev–Trinajstić information content (AvgIpc) is 2.78. The summed E-state index contributed by atoms with van der Waals surface area (Å²) in [6, 6.07) is 9.59. The van der Waals surface area contributed by atoms with Crippen molar-refractivity contribution in [2.45, 2.75) is 71.3 Å². The highest BCUT2D eigenvalue weighted by Crippen LogP contribution is 2.42. The van der Waals surface area contributed by atoms with E-state index in [0.717, 1.165) is 24.1 Å². The molecule has 1 atom stereocenters. The Labute approximate surface area is 213 Å². The zero-order chi connectivity index (χ0) is 27.6. The molecule has 0 bridgehead atoms. The van der Waals surface area contributed by atoms with Crippen LogP contribution in [0.2, 0.25) is 0 Å². The van der Waals surface area contributed by atoms with E-state index in [4.69, 9.17) is 0 Å². The summed E-state index contributed by atoms with van der Waals surface area (Å²) in [5, 5.41) is 9.28. The number of carboxylic acid groups (broad SMARTS) is 1. The molecule has 37 heavy (non-hydrogen) atoms. The SMILES string of the molecule is CC(C)(C)CCC(c1ccc(CC(=O)O)cc1-c1ccc(C(F)(F)F)cc1)N1CCC(C(F)(F)F)CC1. The van der Waals surface area contributed by atoms with Crippen molar-refractivity contribution in [1.82, 2.24) is 4.90 Å². The Kier molecular flexibility index (Phi) is 8.67. The summed E-state index contributed by atoms with van der Waals surface area (Å²) in [7, 11) is 0. The standard InChI is InChI=1S/C28H33F6NO2/c1-26(2,3)13-10-24(35-14-11-21(12-15-35)28(32,33)34)22-9-4-18(17-25(36)37)16-23(22)19-5-7-20(8-6-19)27(29,30)31/h4-9,16,21,24H,10-15,17H2,1-3H3,(H,36,37). The Hall–Kier alpha value is -2.55. The number of aliphatic carboxylic acids is 1. The second-order valence-corrected chi connectivity index (χ2v) is 11.0. The number of halogens is 6. The lowest BCUT2D eigenvalue weighted by atomic mass is 9.83. The van der Waals surface area contributed by atoms with Gasteiger partial charge in [-0.25, -0.2) is 0 Å². The number of likely N-dealkylation sites (tertiary alicyclic amines) is 1. The largest absolute Gasteiger partial charge is 0.481 e. The minimum atomic E-state index is -4.50. The molecule has 0 aliphatic carbocycles. The van der Waals surface area contributed by atoms with Crippen molar-refractivity contribution in [2.24, 2.45) is 11.3 Å². The molecule has 0 radical (unpaired) electrons. The van der Waals surface area contributed by atoms with Crippen molar-refractivity contribution in [3.05, 3.63) is 59.2 Å². The van der Waals surface area contributed by atoms with Crippen LogP contribution in [0.15, 0.2) is 42.5 Å². The molecule has 2 aromatic rings. The van der Waals surface area contributed by atoms with Crippen molar-refractivity contribution >= 4 is 5.97 Å². The van der Waals surface area contributed by atoms with Crippen molar-refractivity contribution in [3.63, 3.8) is 0 Å². The molecule has 1 heterocycles. The molecule has 3 nitrogen and oxygen atoms in total. The number of carboxylic acids is 1. The van der Waals surface area contributed by atoms with Gasteiger partial charge in [-0.3, -0.25) is 9.69 Å². The van der Waals surface area contributed by atoms with E-state index in [0.29, 0.717) is 23.1 Å². The Morgan fingerprint density at radius 3 is 2.05 bits per heavy atom. The fourth-order valence-electron chi connectivity index (χ4n) is 4.91. The van der Waals surface area contributed by atoms with Gasteiger partial charge in [0, 0.05) is 6.04 Å². The molecular formula is C28H33F6NO2. The molecule has 204 valence electrons. The molecule has 3 rings (SSSR count). The van der Waals surface area contributed by atoms with Gasteiger partial charge in [0.15, 0.2) is 0 Å². The van der Waals surface area contributed by atoms with E-state index in [1.54, 1.807) is 18.2 Å². The molecule has 1 aliphatic heterocycles. The second-order valence-electron chi connectivity index (χ2n) is 11.0. The summed E-state index contributed by atoms with van der Waals surface area (Å²) >= 11 is 0. The van der Waals surface area contributed by atoms with Gasteiger partial charge in [-0.15, -0.1) is 0 Å². The van der Waals surface area contributed by atoms with Gasteiger partial charge in [0.2, 0.25) is 0 Å². The summed E-state index contributed by atoms with van der Waals surface area (Å²) in [6.45, 7) is 6.73. The van der Waals surface area contributed by atoms with Crippen LogP contribution in [-0.4, -0.2) is 35.2 Å². The van der Waals surface area contributed by atoms with Crippen LogP contribution in [-0.2, 0) is 17.4 Å². The first kappa shape index (κ1) is 29.0. The maximum absolute atomic E-state index is 13.3. The van der Waals surface area contributed by atoms with Gasteiger partial charge in [0.25, 0.3) is 0 Å². The Morgan fingerprint density at radius 2 is 1.57 bits per heavy atom. The minimum Gasteiger partial charge on any atom is -0.481 e. The number of alkyl halides is 6. The first-order chi connectivity index (χ1) is 17.0. The Balaban J connectivity index is 2.05. The summed E-state index contributed by atoms with van der Waals surface area (Å²) in [6.07, 6.45) is -7.59. The van der Waals surface area contributed by atoms with Crippen LogP contribution in [0.25, 0.3) is 11.1 Å². The summed E-state index contributed by atoms with van der Waals surface area (Å²) in [4.78, 5) is 13.4. The van der Waals surface area contributed by atoms with E-state index in [1.807, 2.05) is 4.90 Å². The monoisotopic (exact) mass is 529 g/mol. The zero-order valence-electron chi connectivity index (χ0n) is 21.2. The average molecular weight is 530 g/mol. The van der Waals surface area contributed by atoms with Gasteiger partial charge < -0.3 is 5.11 Å². The van der Waals surface area contributed by atoms with Gasteiger partial charge in [-0.05, 0) is 78.6 Å². The van der Waals surface area contributed by atoms with E-state index in [-0.39, 0.29) is 43.8 Å². The zero-order valence-corrected chi connectivity index (χ0v) is 21.2. The molecular weight excluding hydrogens is 496 g/mol. The Morgan fingerprint density at radius 1 is 0.973 bits per heavy atom. The third-order valence-electron chi connectivity index (χ3n) is 6.96. The normalized spacial score (nSPS) is 17.1. The molecule has 0 saturated carbocycles. The van der Waals surface area contributed by atoms with Gasteiger partial charge in [0.05, 0.1) is 17.9 Å². The fourth-order valence-corrected chi connectivity index (χ4v) is 4.91. The number of hydrogen-bond acceptors (Lipinski definition) is 2. The molecule has 1 fully saturated rings. The predicted octanol–water partition coefficient (Wildman–Crippen LogP) is 8.14. The number of carbonyl (C=O) groups is 1. The van der Waals surface area contributed by atoms with Gasteiger partial charge >= 0.3 is 18.3 Å². The number of benzene rings is 2. The van der Waals surface area contributed by atoms with Crippen LogP contribution in [0.1, 0.15) is 69.2 Å². The van der Waals surface area contributed by atoms with E-state index in [9.17, 15) is 36.2 Å². The van der Waals surface area contributed by atoms with E-state index in [1.165, 1.54) is 12.1 Å². The number of nitrogens with zero attached hydrogens (tertiary/aromatic N) is 1. The minimum absolute atomic E-state index is 0.0117. The fraction of sp³-hybridized carbons (Fsp3) is 0.536. The van der Waals surface area contributed by atoms with Crippen LogP contribution in [0.4, 0.5) is 26.3 Å². The molecule has 2 aromatic carbocycles. The Bertz CT molecular complexity index is 1060. The third-order valence-corrected chi connectivity index (χ3v) is 6.96. The molecule has 0 amide bonds. The van der Waals surface area contributed by atoms with E-state index >= 15 is 0 Å². The van der Waals surface area contributed by atoms with Crippen LogP contribution in [0.3, 0.4) is 0 Å². The molecule has 1 unspecified atom stereocenters. The summed E-state index contributed by atoms with van der Waals surface area (Å²) in [5.74, 6) is -2.39. The number of hydrogen-bond donors (Lipinski definition) is 1. The molecule has 0 aromatic heterocycles. The maximum atomic E-state index is 13.3. The lowest BCUT2D eigenvalue weighted by Gasteiger charge is -2.40.